The van der Waals surface area contributed by atoms with Crippen molar-refractivity contribution in [2.24, 2.45) is 17.1 Å². The van der Waals surface area contributed by atoms with Crippen molar-refractivity contribution >= 4 is 11.6 Å². The predicted octanol–water partition coefficient (Wildman–Crippen LogP) is 3.94. The lowest BCUT2D eigenvalue weighted by molar-refractivity contribution is 0.215. The van der Waals surface area contributed by atoms with Gasteiger partial charge in [0.15, 0.2) is 0 Å². The summed E-state index contributed by atoms with van der Waals surface area (Å²) in [5.41, 5.74) is 7.82. The summed E-state index contributed by atoms with van der Waals surface area (Å²) >= 11 is 6.29. The summed E-state index contributed by atoms with van der Waals surface area (Å²) in [6.45, 7) is 8.85. The Morgan fingerprint density at radius 3 is 2.67 bits per heavy atom. The third-order valence-corrected chi connectivity index (χ3v) is 4.66. The Bertz CT molecular complexity index is 423. The summed E-state index contributed by atoms with van der Waals surface area (Å²) < 4.78 is 1.97. The third kappa shape index (κ3) is 2.30. The highest BCUT2D eigenvalue weighted by Gasteiger charge is 2.40. The van der Waals surface area contributed by atoms with E-state index in [9.17, 15) is 0 Å². The molecule has 0 bridgehead atoms. The van der Waals surface area contributed by atoms with Gasteiger partial charge in [0.25, 0.3) is 0 Å². The van der Waals surface area contributed by atoms with Crippen LogP contribution < -0.4 is 5.73 Å². The highest BCUT2D eigenvalue weighted by atomic mass is 35.5. The first kappa shape index (κ1) is 13.9. The van der Waals surface area contributed by atoms with Gasteiger partial charge in [-0.25, -0.2) is 0 Å². The van der Waals surface area contributed by atoms with Gasteiger partial charge in [0.2, 0.25) is 0 Å². The molecule has 0 saturated heterocycles. The van der Waals surface area contributed by atoms with Gasteiger partial charge >= 0.3 is 0 Å². The number of nitrogens with two attached hydrogens (primary N) is 1. The molecule has 0 aromatic carbocycles. The Morgan fingerprint density at radius 2 is 2.17 bits per heavy atom. The molecule has 18 heavy (non-hydrogen) atoms. The zero-order valence-electron chi connectivity index (χ0n) is 11.8. The zero-order valence-corrected chi connectivity index (χ0v) is 12.5. The van der Waals surface area contributed by atoms with Gasteiger partial charge in [-0.1, -0.05) is 31.9 Å². The van der Waals surface area contributed by atoms with E-state index in [1.54, 1.807) is 6.20 Å². The molecule has 1 aromatic rings. The molecule has 1 aromatic heterocycles. The smallest absolute Gasteiger partial charge is 0.0834 e. The van der Waals surface area contributed by atoms with Crippen molar-refractivity contribution in [1.29, 1.82) is 0 Å². The summed E-state index contributed by atoms with van der Waals surface area (Å²) in [5.74, 6) is 0.490. The maximum Gasteiger partial charge on any atom is 0.0834 e. The average molecular weight is 270 g/mol. The molecule has 2 unspecified atom stereocenters. The van der Waals surface area contributed by atoms with Gasteiger partial charge in [-0.3, -0.25) is 4.68 Å². The summed E-state index contributed by atoms with van der Waals surface area (Å²) in [7, 11) is 0. The van der Waals surface area contributed by atoms with Crippen LogP contribution in [0.15, 0.2) is 6.20 Å². The van der Waals surface area contributed by atoms with Gasteiger partial charge in [-0.15, -0.1) is 0 Å². The van der Waals surface area contributed by atoms with Crippen molar-refractivity contribution in [1.82, 2.24) is 9.78 Å². The molecule has 0 radical (unpaired) electrons. The first-order valence-corrected chi connectivity index (χ1v) is 7.21. The van der Waals surface area contributed by atoms with Crippen LogP contribution in [0.25, 0.3) is 0 Å². The standard InChI is InChI=1S/C14H24ClN3/c1-9(2)18-13(11(15)8-17-18)12(16)10-6-5-7-14(10,3)4/h8-10,12H,5-7,16H2,1-4H3. The molecule has 1 fully saturated rings. The van der Waals surface area contributed by atoms with E-state index in [1.807, 2.05) is 4.68 Å². The molecule has 4 heteroatoms. The van der Waals surface area contributed by atoms with E-state index in [4.69, 9.17) is 17.3 Å². The third-order valence-electron chi connectivity index (χ3n) is 4.37. The zero-order chi connectivity index (χ0) is 13.5. The maximum absolute atomic E-state index is 6.51. The van der Waals surface area contributed by atoms with E-state index in [0.29, 0.717) is 22.4 Å². The molecule has 102 valence electrons. The van der Waals surface area contributed by atoms with Crippen LogP contribution in [0.3, 0.4) is 0 Å². The molecule has 0 amide bonds. The van der Waals surface area contributed by atoms with Crippen molar-refractivity contribution in [3.8, 4) is 0 Å². The number of rotatable bonds is 3. The van der Waals surface area contributed by atoms with E-state index in [1.165, 1.54) is 19.3 Å². The van der Waals surface area contributed by atoms with Gasteiger partial charge in [0.05, 0.1) is 23.0 Å². The van der Waals surface area contributed by atoms with Gasteiger partial charge < -0.3 is 5.73 Å². The fourth-order valence-electron chi connectivity index (χ4n) is 3.28. The minimum atomic E-state index is -0.0140. The van der Waals surface area contributed by atoms with E-state index in [2.05, 4.69) is 32.8 Å². The normalized spacial score (nSPS) is 24.7. The van der Waals surface area contributed by atoms with Crippen molar-refractivity contribution in [2.45, 2.75) is 59.0 Å². The second kappa shape index (κ2) is 4.86. The van der Waals surface area contributed by atoms with Crippen molar-refractivity contribution < 1.29 is 0 Å². The second-order valence-corrected chi connectivity index (χ2v) is 6.84. The van der Waals surface area contributed by atoms with E-state index in [-0.39, 0.29) is 6.04 Å². The van der Waals surface area contributed by atoms with Gasteiger partial charge in [-0.2, -0.15) is 5.10 Å². The number of nitrogens with zero attached hydrogens (tertiary/aromatic N) is 2. The molecule has 2 rings (SSSR count). The first-order valence-electron chi connectivity index (χ1n) is 6.83. The van der Waals surface area contributed by atoms with E-state index >= 15 is 0 Å². The molecule has 2 atom stereocenters. The Balaban J connectivity index is 2.34. The Kier molecular flexibility index (Phi) is 3.75. The Morgan fingerprint density at radius 1 is 1.50 bits per heavy atom. The van der Waals surface area contributed by atoms with Gasteiger partial charge in [0, 0.05) is 6.04 Å². The SMILES string of the molecule is CC(C)n1ncc(Cl)c1C(N)C1CCCC1(C)C. The van der Waals surface area contributed by atoms with Gasteiger partial charge in [0.1, 0.15) is 0 Å². The highest BCUT2D eigenvalue weighted by Crippen LogP contribution is 2.48. The van der Waals surface area contributed by atoms with Crippen LogP contribution in [-0.2, 0) is 0 Å². The molecule has 1 saturated carbocycles. The molecule has 2 N–H and O–H groups in total. The number of aromatic nitrogens is 2. The lowest BCUT2D eigenvalue weighted by Crippen LogP contribution is -2.31. The van der Waals surface area contributed by atoms with Crippen LogP contribution in [0.1, 0.15) is 64.7 Å². The quantitative estimate of drug-likeness (QED) is 0.903. The van der Waals surface area contributed by atoms with E-state index < -0.39 is 0 Å². The summed E-state index contributed by atoms with van der Waals surface area (Å²) in [6.07, 6.45) is 5.42. The van der Waals surface area contributed by atoms with Crippen molar-refractivity contribution in [3.63, 3.8) is 0 Å². The number of halogens is 1. The monoisotopic (exact) mass is 269 g/mol. The largest absolute Gasteiger partial charge is 0.322 e. The molecule has 1 heterocycles. The summed E-state index contributed by atoms with van der Waals surface area (Å²) in [4.78, 5) is 0. The summed E-state index contributed by atoms with van der Waals surface area (Å²) in [5, 5.41) is 5.07. The van der Waals surface area contributed by atoms with Crippen LogP contribution in [0.4, 0.5) is 0 Å². The van der Waals surface area contributed by atoms with Crippen molar-refractivity contribution in [3.05, 3.63) is 16.9 Å². The predicted molar refractivity (Wildman–Crippen MR) is 75.7 cm³/mol. The van der Waals surface area contributed by atoms with Crippen LogP contribution in [-0.4, -0.2) is 9.78 Å². The molecule has 1 aliphatic rings. The maximum atomic E-state index is 6.51. The molecular formula is C14H24ClN3. The molecule has 3 nitrogen and oxygen atoms in total. The second-order valence-electron chi connectivity index (χ2n) is 6.43. The van der Waals surface area contributed by atoms with Crippen LogP contribution in [0.2, 0.25) is 5.02 Å². The topological polar surface area (TPSA) is 43.8 Å². The number of hydrogen-bond donors (Lipinski definition) is 1. The lowest BCUT2D eigenvalue weighted by atomic mass is 9.77. The van der Waals surface area contributed by atoms with E-state index in [0.717, 1.165) is 5.69 Å². The molecule has 1 aliphatic carbocycles. The lowest BCUT2D eigenvalue weighted by Gasteiger charge is -2.32. The minimum Gasteiger partial charge on any atom is -0.322 e. The summed E-state index contributed by atoms with van der Waals surface area (Å²) in [6, 6.07) is 0.281. The average Bonchev–Trinajstić information content (AvgIpc) is 2.80. The Hall–Kier alpha value is -0.540. The molecule has 0 aliphatic heterocycles. The minimum absolute atomic E-state index is 0.0140. The fraction of sp³-hybridized carbons (Fsp3) is 0.786. The molecule has 0 spiro atoms. The first-order chi connectivity index (χ1) is 8.34. The highest BCUT2D eigenvalue weighted by molar-refractivity contribution is 6.31. The Labute approximate surface area is 115 Å². The van der Waals surface area contributed by atoms with Gasteiger partial charge in [-0.05, 0) is 38.0 Å². The van der Waals surface area contributed by atoms with Crippen LogP contribution >= 0.6 is 11.6 Å². The number of hydrogen-bond acceptors (Lipinski definition) is 2. The van der Waals surface area contributed by atoms with Crippen molar-refractivity contribution in [2.75, 3.05) is 0 Å². The van der Waals surface area contributed by atoms with Crippen LogP contribution in [0.5, 0.6) is 0 Å². The van der Waals surface area contributed by atoms with Crippen LogP contribution in [0, 0.1) is 11.3 Å². The molecular weight excluding hydrogens is 246 g/mol. The fourth-order valence-corrected chi connectivity index (χ4v) is 3.54.